The molecular formula is C15H20O2. The van der Waals surface area contributed by atoms with Crippen molar-refractivity contribution in [3.8, 4) is 0 Å². The second-order valence-electron chi connectivity index (χ2n) is 5.02. The number of hydrogen-bond acceptors (Lipinski definition) is 1. The molecule has 1 N–H and O–H groups in total. The molecule has 1 aromatic carbocycles. The van der Waals surface area contributed by atoms with Crippen LogP contribution in [0.1, 0.15) is 62.0 Å². The van der Waals surface area contributed by atoms with Crippen molar-refractivity contribution in [1.29, 1.82) is 0 Å². The molecule has 1 aliphatic rings. The summed E-state index contributed by atoms with van der Waals surface area (Å²) in [4.78, 5) is 11.1. The largest absolute Gasteiger partial charge is 0.481 e. The molecule has 0 bridgehead atoms. The Balaban J connectivity index is 2.29. The summed E-state index contributed by atoms with van der Waals surface area (Å²) >= 11 is 0. The van der Waals surface area contributed by atoms with Crippen LogP contribution in [0.15, 0.2) is 24.3 Å². The van der Waals surface area contributed by atoms with Crippen LogP contribution in [0, 0.1) is 0 Å². The van der Waals surface area contributed by atoms with Gasteiger partial charge in [-0.1, -0.05) is 43.5 Å². The zero-order valence-corrected chi connectivity index (χ0v) is 10.4. The lowest BCUT2D eigenvalue weighted by Crippen LogP contribution is -2.13. The van der Waals surface area contributed by atoms with Crippen molar-refractivity contribution < 1.29 is 9.90 Å². The Kier molecular flexibility index (Phi) is 3.82. The van der Waals surface area contributed by atoms with Gasteiger partial charge in [0.1, 0.15) is 0 Å². The minimum absolute atomic E-state index is 0.395. The first-order valence-electron chi connectivity index (χ1n) is 6.51. The van der Waals surface area contributed by atoms with Gasteiger partial charge >= 0.3 is 5.97 Å². The van der Waals surface area contributed by atoms with Crippen LogP contribution in [0.5, 0.6) is 0 Å². The molecule has 0 amide bonds. The molecule has 0 heterocycles. The van der Waals surface area contributed by atoms with E-state index in [-0.39, 0.29) is 0 Å². The van der Waals surface area contributed by atoms with E-state index in [1.807, 2.05) is 18.2 Å². The highest BCUT2D eigenvalue weighted by atomic mass is 16.4. The van der Waals surface area contributed by atoms with Crippen LogP contribution in [0.2, 0.25) is 0 Å². The molecule has 0 aliphatic heterocycles. The highest BCUT2D eigenvalue weighted by Gasteiger charge is 2.23. The van der Waals surface area contributed by atoms with Crippen molar-refractivity contribution in [1.82, 2.24) is 0 Å². The molecule has 0 spiro atoms. The van der Waals surface area contributed by atoms with Crippen LogP contribution in [-0.4, -0.2) is 11.1 Å². The number of benzene rings is 1. The van der Waals surface area contributed by atoms with Gasteiger partial charge in [-0.25, -0.2) is 0 Å². The molecular weight excluding hydrogens is 212 g/mol. The Hall–Kier alpha value is -1.31. The second kappa shape index (κ2) is 5.35. The van der Waals surface area contributed by atoms with Crippen LogP contribution < -0.4 is 0 Å². The van der Waals surface area contributed by atoms with Gasteiger partial charge in [-0.2, -0.15) is 0 Å². The number of carboxylic acid groups (broad SMARTS) is 1. The van der Waals surface area contributed by atoms with Gasteiger partial charge in [0.05, 0.1) is 5.92 Å². The molecule has 92 valence electrons. The Morgan fingerprint density at radius 2 is 1.88 bits per heavy atom. The average molecular weight is 232 g/mol. The normalized spacial score (nSPS) is 18.9. The fourth-order valence-corrected chi connectivity index (χ4v) is 2.82. The van der Waals surface area contributed by atoms with Gasteiger partial charge in [0, 0.05) is 0 Å². The topological polar surface area (TPSA) is 37.3 Å². The van der Waals surface area contributed by atoms with Crippen LogP contribution in [0.25, 0.3) is 0 Å². The van der Waals surface area contributed by atoms with Crippen LogP contribution in [0.4, 0.5) is 0 Å². The molecule has 2 heteroatoms. The average Bonchev–Trinajstić information content (AvgIpc) is 2.39. The maximum Gasteiger partial charge on any atom is 0.310 e. The molecule has 2 nitrogen and oxygen atoms in total. The van der Waals surface area contributed by atoms with Crippen LogP contribution in [-0.2, 0) is 4.79 Å². The van der Waals surface area contributed by atoms with E-state index >= 15 is 0 Å². The van der Waals surface area contributed by atoms with Crippen molar-refractivity contribution in [2.45, 2.75) is 50.9 Å². The minimum Gasteiger partial charge on any atom is -0.481 e. The first-order valence-corrected chi connectivity index (χ1v) is 6.51. The smallest absolute Gasteiger partial charge is 0.310 e. The van der Waals surface area contributed by atoms with Gasteiger partial charge in [0.2, 0.25) is 0 Å². The van der Waals surface area contributed by atoms with E-state index in [1.165, 1.54) is 37.7 Å². The standard InChI is InChI=1S/C15H20O2/c1-11(15(16)17)13-9-5-6-10-14(13)12-7-3-2-4-8-12/h5-6,9-12H,2-4,7-8H2,1H3,(H,16,17). The lowest BCUT2D eigenvalue weighted by molar-refractivity contribution is -0.138. The maximum atomic E-state index is 11.1. The van der Waals surface area contributed by atoms with Gasteiger partial charge in [-0.3, -0.25) is 4.79 Å². The predicted molar refractivity (Wildman–Crippen MR) is 68.3 cm³/mol. The third kappa shape index (κ3) is 2.68. The first-order chi connectivity index (χ1) is 8.20. The molecule has 0 saturated heterocycles. The summed E-state index contributed by atoms with van der Waals surface area (Å²) in [5.74, 6) is -0.553. The fraction of sp³-hybridized carbons (Fsp3) is 0.533. The summed E-state index contributed by atoms with van der Waals surface area (Å²) < 4.78 is 0. The molecule has 17 heavy (non-hydrogen) atoms. The summed E-state index contributed by atoms with van der Waals surface area (Å²) in [6, 6.07) is 8.07. The van der Waals surface area contributed by atoms with Gasteiger partial charge in [0.15, 0.2) is 0 Å². The third-order valence-electron chi connectivity index (χ3n) is 3.88. The fourth-order valence-electron chi connectivity index (χ4n) is 2.82. The van der Waals surface area contributed by atoms with Gasteiger partial charge < -0.3 is 5.11 Å². The number of hydrogen-bond donors (Lipinski definition) is 1. The van der Waals surface area contributed by atoms with Crippen molar-refractivity contribution >= 4 is 5.97 Å². The Labute approximate surface area is 103 Å². The van der Waals surface area contributed by atoms with Gasteiger partial charge in [-0.15, -0.1) is 0 Å². The van der Waals surface area contributed by atoms with E-state index in [0.717, 1.165) is 5.56 Å². The predicted octanol–water partition coefficient (Wildman–Crippen LogP) is 3.92. The molecule has 1 atom stereocenters. The molecule has 1 aliphatic carbocycles. The Morgan fingerprint density at radius 1 is 1.24 bits per heavy atom. The summed E-state index contributed by atoms with van der Waals surface area (Å²) in [6.45, 7) is 1.78. The third-order valence-corrected chi connectivity index (χ3v) is 3.88. The van der Waals surface area contributed by atoms with Crippen molar-refractivity contribution in [3.05, 3.63) is 35.4 Å². The van der Waals surface area contributed by atoms with E-state index < -0.39 is 11.9 Å². The molecule has 1 unspecified atom stereocenters. The Morgan fingerprint density at radius 3 is 2.53 bits per heavy atom. The zero-order chi connectivity index (χ0) is 12.3. The van der Waals surface area contributed by atoms with E-state index in [2.05, 4.69) is 6.07 Å². The number of aliphatic carboxylic acids is 1. The first kappa shape index (κ1) is 12.2. The molecule has 2 rings (SSSR count). The summed E-state index contributed by atoms with van der Waals surface area (Å²) in [7, 11) is 0. The van der Waals surface area contributed by atoms with Crippen molar-refractivity contribution in [2.75, 3.05) is 0 Å². The number of rotatable bonds is 3. The molecule has 0 aromatic heterocycles. The molecule has 0 radical (unpaired) electrons. The van der Waals surface area contributed by atoms with Crippen LogP contribution in [0.3, 0.4) is 0 Å². The van der Waals surface area contributed by atoms with E-state index in [0.29, 0.717) is 5.92 Å². The second-order valence-corrected chi connectivity index (χ2v) is 5.02. The number of carboxylic acids is 1. The summed E-state index contributed by atoms with van der Waals surface area (Å²) in [5.41, 5.74) is 2.27. The maximum absolute atomic E-state index is 11.1. The van der Waals surface area contributed by atoms with Gasteiger partial charge in [0.25, 0.3) is 0 Å². The molecule has 1 fully saturated rings. The Bertz CT molecular complexity index is 392. The van der Waals surface area contributed by atoms with Crippen molar-refractivity contribution in [2.24, 2.45) is 0 Å². The van der Waals surface area contributed by atoms with E-state index in [9.17, 15) is 4.79 Å². The van der Waals surface area contributed by atoms with E-state index in [1.54, 1.807) is 6.92 Å². The van der Waals surface area contributed by atoms with Gasteiger partial charge in [-0.05, 0) is 36.8 Å². The highest BCUT2D eigenvalue weighted by Crippen LogP contribution is 2.36. The summed E-state index contributed by atoms with van der Waals surface area (Å²) in [6.07, 6.45) is 6.31. The quantitative estimate of drug-likeness (QED) is 0.857. The summed E-state index contributed by atoms with van der Waals surface area (Å²) in [5, 5.41) is 9.16. The molecule has 1 aromatic rings. The monoisotopic (exact) mass is 232 g/mol. The SMILES string of the molecule is CC(C(=O)O)c1ccccc1C1CCCCC1. The molecule has 1 saturated carbocycles. The highest BCUT2D eigenvalue weighted by molar-refractivity contribution is 5.76. The zero-order valence-electron chi connectivity index (χ0n) is 10.4. The number of carbonyl (C=O) groups is 1. The van der Waals surface area contributed by atoms with Crippen molar-refractivity contribution in [3.63, 3.8) is 0 Å². The minimum atomic E-state index is -0.728. The lowest BCUT2D eigenvalue weighted by atomic mass is 9.80. The lowest BCUT2D eigenvalue weighted by Gasteiger charge is -2.25. The van der Waals surface area contributed by atoms with Crippen LogP contribution >= 0.6 is 0 Å². The van der Waals surface area contributed by atoms with E-state index in [4.69, 9.17) is 5.11 Å².